The number of aromatic nitrogens is 3. The molecule has 0 bridgehead atoms. The second-order valence-electron chi connectivity index (χ2n) is 5.42. The summed E-state index contributed by atoms with van der Waals surface area (Å²) in [6.45, 7) is 0.576. The van der Waals surface area contributed by atoms with Gasteiger partial charge in [0, 0.05) is 21.8 Å². The van der Waals surface area contributed by atoms with Crippen LogP contribution in [0.15, 0.2) is 82.0 Å². The van der Waals surface area contributed by atoms with E-state index >= 15 is 0 Å². The van der Waals surface area contributed by atoms with E-state index in [1.807, 2.05) is 59.4 Å². The maximum atomic E-state index is 5.59. The first-order valence-corrected chi connectivity index (χ1v) is 8.36. The van der Waals surface area contributed by atoms with Crippen molar-refractivity contribution in [1.82, 2.24) is 14.8 Å². The monoisotopic (exact) mass is 379 g/mol. The molecule has 4 nitrogen and oxygen atoms in total. The van der Waals surface area contributed by atoms with Gasteiger partial charge >= 0.3 is 0 Å². The number of rotatable bonds is 4. The third-order valence-corrected chi connectivity index (χ3v) is 4.21. The Morgan fingerprint density at radius 3 is 2.50 bits per heavy atom. The van der Waals surface area contributed by atoms with Crippen molar-refractivity contribution in [3.8, 4) is 22.7 Å². The van der Waals surface area contributed by atoms with Crippen LogP contribution in [0.1, 0.15) is 5.69 Å². The van der Waals surface area contributed by atoms with Gasteiger partial charge in [0.25, 0.3) is 0 Å². The minimum Gasteiger partial charge on any atom is -0.444 e. The Bertz CT molecular complexity index is 942. The zero-order valence-electron chi connectivity index (χ0n) is 12.8. The lowest BCUT2D eigenvalue weighted by Crippen LogP contribution is -2.00. The Hall–Kier alpha value is -2.66. The third kappa shape index (κ3) is 3.16. The van der Waals surface area contributed by atoms with Crippen LogP contribution in [0.3, 0.4) is 0 Å². The number of benzene rings is 2. The van der Waals surface area contributed by atoms with E-state index in [-0.39, 0.29) is 0 Å². The van der Waals surface area contributed by atoms with Crippen LogP contribution in [0.25, 0.3) is 22.7 Å². The number of nitrogens with zero attached hydrogens (tertiary/aromatic N) is 3. The highest BCUT2D eigenvalue weighted by molar-refractivity contribution is 9.10. The molecule has 0 aliphatic carbocycles. The van der Waals surface area contributed by atoms with E-state index in [2.05, 4.69) is 38.1 Å². The first kappa shape index (κ1) is 14.9. The second kappa shape index (κ2) is 6.45. The molecule has 0 radical (unpaired) electrons. The number of hydrogen-bond donors (Lipinski definition) is 0. The van der Waals surface area contributed by atoms with Crippen molar-refractivity contribution in [3.63, 3.8) is 0 Å². The molecule has 2 heterocycles. The number of halogens is 1. The van der Waals surface area contributed by atoms with Crippen LogP contribution >= 0.6 is 15.9 Å². The molecule has 24 heavy (non-hydrogen) atoms. The highest BCUT2D eigenvalue weighted by Gasteiger charge is 2.08. The molecule has 0 N–H and O–H groups in total. The van der Waals surface area contributed by atoms with Crippen molar-refractivity contribution in [2.45, 2.75) is 6.54 Å². The lowest BCUT2D eigenvalue weighted by molar-refractivity contribution is 0.569. The van der Waals surface area contributed by atoms with Crippen molar-refractivity contribution < 1.29 is 4.42 Å². The molecule has 4 rings (SSSR count). The van der Waals surface area contributed by atoms with Crippen LogP contribution in [0, 0.1) is 0 Å². The zero-order chi connectivity index (χ0) is 16.4. The predicted molar refractivity (Wildman–Crippen MR) is 96.4 cm³/mol. The summed E-state index contributed by atoms with van der Waals surface area (Å²) in [4.78, 5) is 4.54. The highest BCUT2D eigenvalue weighted by atomic mass is 79.9. The summed E-state index contributed by atoms with van der Waals surface area (Å²) < 4.78 is 8.48. The molecule has 5 heteroatoms. The molecule has 0 amide bonds. The van der Waals surface area contributed by atoms with Gasteiger partial charge in [0.05, 0.1) is 12.2 Å². The lowest BCUT2D eigenvalue weighted by Gasteiger charge is -1.98. The molecule has 0 saturated carbocycles. The largest absolute Gasteiger partial charge is 0.444 e. The Morgan fingerprint density at radius 2 is 1.71 bits per heavy atom. The standard InChI is InChI=1S/C19H14BrN3O/c20-16-8-6-15(7-9-16)19-21-17(13-24-19)12-23-11-10-18(22-23)14-4-2-1-3-5-14/h1-11,13H,12H2. The van der Waals surface area contributed by atoms with Gasteiger partial charge in [0.15, 0.2) is 0 Å². The maximum absolute atomic E-state index is 5.59. The van der Waals surface area contributed by atoms with E-state index in [0.29, 0.717) is 12.4 Å². The summed E-state index contributed by atoms with van der Waals surface area (Å²) in [7, 11) is 0. The van der Waals surface area contributed by atoms with E-state index in [9.17, 15) is 0 Å². The molecule has 4 aromatic rings. The predicted octanol–water partition coefficient (Wildman–Crippen LogP) is 5.02. The van der Waals surface area contributed by atoms with Crippen LogP contribution in [0.5, 0.6) is 0 Å². The average Bonchev–Trinajstić information content (AvgIpc) is 3.27. The second-order valence-corrected chi connectivity index (χ2v) is 6.33. The molecule has 2 aromatic heterocycles. The molecule has 0 aliphatic heterocycles. The minimum atomic E-state index is 0.576. The Kier molecular flexibility index (Phi) is 4.01. The summed E-state index contributed by atoms with van der Waals surface area (Å²) in [6, 6.07) is 20.0. The van der Waals surface area contributed by atoms with E-state index in [1.165, 1.54) is 0 Å². The highest BCUT2D eigenvalue weighted by Crippen LogP contribution is 2.22. The van der Waals surface area contributed by atoms with Crippen LogP contribution in [0.2, 0.25) is 0 Å². The summed E-state index contributed by atoms with van der Waals surface area (Å²) in [5.41, 5.74) is 3.85. The third-order valence-electron chi connectivity index (χ3n) is 3.68. The smallest absolute Gasteiger partial charge is 0.226 e. The SMILES string of the molecule is Brc1ccc(-c2nc(Cn3ccc(-c4ccccc4)n3)co2)cc1. The lowest BCUT2D eigenvalue weighted by atomic mass is 10.2. The molecule has 0 unspecified atom stereocenters. The van der Waals surface area contributed by atoms with Gasteiger partial charge in [-0.1, -0.05) is 46.3 Å². The van der Waals surface area contributed by atoms with E-state index in [0.717, 1.165) is 27.0 Å². The molecule has 118 valence electrons. The zero-order valence-corrected chi connectivity index (χ0v) is 14.3. The van der Waals surface area contributed by atoms with Crippen molar-refractivity contribution in [1.29, 1.82) is 0 Å². The average molecular weight is 380 g/mol. The van der Waals surface area contributed by atoms with Gasteiger partial charge in [0.2, 0.25) is 5.89 Å². The van der Waals surface area contributed by atoms with Crippen LogP contribution in [-0.4, -0.2) is 14.8 Å². The van der Waals surface area contributed by atoms with Crippen LogP contribution in [-0.2, 0) is 6.54 Å². The van der Waals surface area contributed by atoms with Gasteiger partial charge in [-0.05, 0) is 30.3 Å². The molecule has 0 atom stereocenters. The maximum Gasteiger partial charge on any atom is 0.226 e. The minimum absolute atomic E-state index is 0.576. The molecule has 0 saturated heterocycles. The fraction of sp³-hybridized carbons (Fsp3) is 0.0526. The molecule has 2 aromatic carbocycles. The summed E-state index contributed by atoms with van der Waals surface area (Å²) in [5, 5.41) is 4.60. The molecule has 0 spiro atoms. The van der Waals surface area contributed by atoms with Gasteiger partial charge < -0.3 is 4.42 Å². The summed E-state index contributed by atoms with van der Waals surface area (Å²) >= 11 is 3.43. The van der Waals surface area contributed by atoms with Gasteiger partial charge in [0.1, 0.15) is 12.0 Å². The van der Waals surface area contributed by atoms with Gasteiger partial charge in [-0.2, -0.15) is 5.10 Å². The van der Waals surface area contributed by atoms with Crippen molar-refractivity contribution in [2.24, 2.45) is 0 Å². The number of hydrogen-bond acceptors (Lipinski definition) is 3. The Labute approximate surface area is 147 Å². The Balaban J connectivity index is 1.52. The van der Waals surface area contributed by atoms with Crippen molar-refractivity contribution in [2.75, 3.05) is 0 Å². The van der Waals surface area contributed by atoms with Crippen LogP contribution in [0.4, 0.5) is 0 Å². The molecular formula is C19H14BrN3O. The quantitative estimate of drug-likeness (QED) is 0.500. The first-order chi connectivity index (χ1) is 11.8. The fourth-order valence-electron chi connectivity index (χ4n) is 2.48. The van der Waals surface area contributed by atoms with Crippen molar-refractivity contribution >= 4 is 15.9 Å². The topological polar surface area (TPSA) is 43.9 Å². The fourth-order valence-corrected chi connectivity index (χ4v) is 2.75. The van der Waals surface area contributed by atoms with E-state index in [1.54, 1.807) is 6.26 Å². The molecule has 0 aliphatic rings. The van der Waals surface area contributed by atoms with Crippen molar-refractivity contribution in [3.05, 3.63) is 83.3 Å². The van der Waals surface area contributed by atoms with Crippen LogP contribution < -0.4 is 0 Å². The van der Waals surface area contributed by atoms with Gasteiger partial charge in [-0.25, -0.2) is 4.98 Å². The summed E-state index contributed by atoms with van der Waals surface area (Å²) in [6.07, 6.45) is 3.64. The van der Waals surface area contributed by atoms with Gasteiger partial charge in [-0.15, -0.1) is 0 Å². The van der Waals surface area contributed by atoms with E-state index < -0.39 is 0 Å². The molecule has 0 fully saturated rings. The first-order valence-electron chi connectivity index (χ1n) is 7.57. The van der Waals surface area contributed by atoms with Gasteiger partial charge in [-0.3, -0.25) is 4.68 Å². The molecular weight excluding hydrogens is 366 g/mol. The normalized spacial score (nSPS) is 10.9. The van der Waals surface area contributed by atoms with E-state index in [4.69, 9.17) is 4.42 Å². The Morgan fingerprint density at radius 1 is 0.917 bits per heavy atom. The summed E-state index contributed by atoms with van der Waals surface area (Å²) in [5.74, 6) is 0.618. The number of oxazole rings is 1.